The molecule has 0 amide bonds. The smallest absolute Gasteiger partial charge is 0.270 e. The predicted octanol–water partition coefficient (Wildman–Crippen LogP) is 3.36. The SMILES string of the molecule is Cc1cccc(N=Cc2cc([N+](=O)[O-])ccc2O)c1. The first kappa shape index (κ1) is 12.8. The first-order chi connectivity index (χ1) is 9.06. The van der Waals surface area contributed by atoms with E-state index < -0.39 is 4.92 Å². The van der Waals surface area contributed by atoms with Crippen molar-refractivity contribution in [2.75, 3.05) is 0 Å². The van der Waals surface area contributed by atoms with Crippen LogP contribution in [0.5, 0.6) is 5.75 Å². The average Bonchev–Trinajstić information content (AvgIpc) is 2.37. The molecule has 0 aliphatic rings. The van der Waals surface area contributed by atoms with Crippen LogP contribution in [-0.4, -0.2) is 16.2 Å². The Hall–Kier alpha value is -2.69. The molecule has 0 fully saturated rings. The minimum atomic E-state index is -0.510. The second kappa shape index (κ2) is 5.30. The number of nitro benzene ring substituents is 1. The maximum absolute atomic E-state index is 10.7. The average molecular weight is 256 g/mol. The molecule has 0 unspecified atom stereocenters. The third-order valence-electron chi connectivity index (χ3n) is 2.58. The predicted molar refractivity (Wildman–Crippen MR) is 73.2 cm³/mol. The number of hydrogen-bond acceptors (Lipinski definition) is 4. The summed E-state index contributed by atoms with van der Waals surface area (Å²) in [6.45, 7) is 1.95. The number of nitro groups is 1. The lowest BCUT2D eigenvalue weighted by Gasteiger charge is -1.99. The first-order valence-electron chi connectivity index (χ1n) is 5.64. The summed E-state index contributed by atoms with van der Waals surface area (Å²) >= 11 is 0. The molecule has 0 aliphatic carbocycles. The molecule has 96 valence electrons. The van der Waals surface area contributed by atoms with Gasteiger partial charge in [0.25, 0.3) is 5.69 Å². The molecule has 5 nitrogen and oxygen atoms in total. The van der Waals surface area contributed by atoms with E-state index in [4.69, 9.17) is 0 Å². The Morgan fingerprint density at radius 2 is 2.05 bits per heavy atom. The van der Waals surface area contributed by atoms with Gasteiger partial charge in [-0.25, -0.2) is 0 Å². The van der Waals surface area contributed by atoms with Crippen LogP contribution in [0.25, 0.3) is 0 Å². The van der Waals surface area contributed by atoms with Crippen molar-refractivity contribution in [3.8, 4) is 5.75 Å². The maximum atomic E-state index is 10.7. The zero-order valence-corrected chi connectivity index (χ0v) is 10.3. The van der Waals surface area contributed by atoms with Crippen molar-refractivity contribution < 1.29 is 10.0 Å². The Balaban J connectivity index is 2.32. The first-order valence-corrected chi connectivity index (χ1v) is 5.64. The van der Waals surface area contributed by atoms with E-state index in [9.17, 15) is 15.2 Å². The molecule has 0 atom stereocenters. The van der Waals surface area contributed by atoms with Gasteiger partial charge in [-0.1, -0.05) is 12.1 Å². The lowest BCUT2D eigenvalue weighted by Crippen LogP contribution is -1.90. The molecule has 5 heteroatoms. The van der Waals surface area contributed by atoms with E-state index >= 15 is 0 Å². The molecule has 0 bridgehead atoms. The molecule has 0 saturated heterocycles. The van der Waals surface area contributed by atoms with E-state index in [0.717, 1.165) is 11.3 Å². The van der Waals surface area contributed by atoms with Crippen LogP contribution in [0.1, 0.15) is 11.1 Å². The second-order valence-corrected chi connectivity index (χ2v) is 4.10. The summed E-state index contributed by atoms with van der Waals surface area (Å²) in [5.74, 6) is -0.0398. The van der Waals surface area contributed by atoms with Gasteiger partial charge in [0, 0.05) is 23.9 Å². The number of nitrogens with zero attached hydrogens (tertiary/aromatic N) is 2. The lowest BCUT2D eigenvalue weighted by atomic mass is 10.2. The van der Waals surface area contributed by atoms with Crippen LogP contribution in [-0.2, 0) is 0 Å². The molecule has 0 spiro atoms. The van der Waals surface area contributed by atoms with E-state index in [1.165, 1.54) is 24.4 Å². The molecule has 1 N–H and O–H groups in total. The Kier molecular flexibility index (Phi) is 3.56. The number of phenolic OH excluding ortho intramolecular Hbond substituents is 1. The summed E-state index contributed by atoms with van der Waals surface area (Å²) in [7, 11) is 0. The number of benzene rings is 2. The summed E-state index contributed by atoms with van der Waals surface area (Å²) in [5, 5.41) is 20.3. The summed E-state index contributed by atoms with van der Waals surface area (Å²) in [6, 6.07) is 11.3. The van der Waals surface area contributed by atoms with E-state index in [1.807, 2.05) is 31.2 Å². The number of aromatic hydroxyl groups is 1. The maximum Gasteiger partial charge on any atom is 0.270 e. The van der Waals surface area contributed by atoms with Gasteiger partial charge in [0.05, 0.1) is 10.6 Å². The number of aryl methyl sites for hydroxylation is 1. The van der Waals surface area contributed by atoms with Crippen molar-refractivity contribution in [3.63, 3.8) is 0 Å². The monoisotopic (exact) mass is 256 g/mol. The quantitative estimate of drug-likeness (QED) is 0.519. The van der Waals surface area contributed by atoms with Gasteiger partial charge in [-0.3, -0.25) is 15.1 Å². The van der Waals surface area contributed by atoms with Gasteiger partial charge in [0.15, 0.2) is 0 Å². The van der Waals surface area contributed by atoms with Gasteiger partial charge in [0.2, 0.25) is 0 Å². The number of aliphatic imine (C=N–C) groups is 1. The van der Waals surface area contributed by atoms with Crippen LogP contribution >= 0.6 is 0 Å². The van der Waals surface area contributed by atoms with Crippen molar-refractivity contribution in [2.45, 2.75) is 6.92 Å². The molecule has 2 aromatic carbocycles. The van der Waals surface area contributed by atoms with Crippen molar-refractivity contribution in [3.05, 3.63) is 63.7 Å². The van der Waals surface area contributed by atoms with Crippen molar-refractivity contribution in [1.29, 1.82) is 0 Å². The molecular formula is C14H12N2O3. The summed E-state index contributed by atoms with van der Waals surface area (Å²) in [6.07, 6.45) is 1.41. The molecule has 19 heavy (non-hydrogen) atoms. The fourth-order valence-electron chi connectivity index (χ4n) is 1.61. The molecule has 0 saturated carbocycles. The van der Waals surface area contributed by atoms with Gasteiger partial charge in [-0.2, -0.15) is 0 Å². The van der Waals surface area contributed by atoms with Gasteiger partial charge in [-0.05, 0) is 30.7 Å². The van der Waals surface area contributed by atoms with Crippen LogP contribution in [0.15, 0.2) is 47.5 Å². The van der Waals surface area contributed by atoms with Crippen molar-refractivity contribution in [1.82, 2.24) is 0 Å². The number of phenols is 1. The molecule has 2 aromatic rings. The Bertz CT molecular complexity index is 651. The Morgan fingerprint density at radius 1 is 1.26 bits per heavy atom. The van der Waals surface area contributed by atoms with Gasteiger partial charge in [0.1, 0.15) is 5.75 Å². The van der Waals surface area contributed by atoms with Crippen LogP contribution in [0.4, 0.5) is 11.4 Å². The van der Waals surface area contributed by atoms with Gasteiger partial charge >= 0.3 is 0 Å². The van der Waals surface area contributed by atoms with Crippen molar-refractivity contribution in [2.24, 2.45) is 4.99 Å². The highest BCUT2D eigenvalue weighted by molar-refractivity contribution is 5.86. The lowest BCUT2D eigenvalue weighted by molar-refractivity contribution is -0.384. The largest absolute Gasteiger partial charge is 0.507 e. The standard InChI is InChI=1S/C14H12N2O3/c1-10-3-2-4-12(7-10)15-9-11-8-13(16(18)19)5-6-14(11)17/h2-9,17H,1H3. The highest BCUT2D eigenvalue weighted by atomic mass is 16.6. The molecule has 0 radical (unpaired) electrons. The molecular weight excluding hydrogens is 244 g/mol. The topological polar surface area (TPSA) is 75.7 Å². The van der Waals surface area contributed by atoms with Gasteiger partial charge in [-0.15, -0.1) is 0 Å². The normalized spacial score (nSPS) is 10.8. The number of hydrogen-bond donors (Lipinski definition) is 1. The van der Waals surface area contributed by atoms with Gasteiger partial charge < -0.3 is 5.11 Å². The number of non-ortho nitro benzene ring substituents is 1. The van der Waals surface area contributed by atoms with Crippen LogP contribution in [0.3, 0.4) is 0 Å². The summed E-state index contributed by atoms with van der Waals surface area (Å²) < 4.78 is 0. The molecule has 2 rings (SSSR count). The fraction of sp³-hybridized carbons (Fsp3) is 0.0714. The van der Waals surface area contributed by atoms with Crippen LogP contribution in [0.2, 0.25) is 0 Å². The summed E-state index contributed by atoms with van der Waals surface area (Å²) in [5.41, 5.74) is 2.03. The third-order valence-corrected chi connectivity index (χ3v) is 2.58. The highest BCUT2D eigenvalue weighted by Gasteiger charge is 2.08. The van der Waals surface area contributed by atoms with E-state index in [1.54, 1.807) is 0 Å². The molecule has 0 aromatic heterocycles. The minimum Gasteiger partial charge on any atom is -0.507 e. The molecule has 0 heterocycles. The van der Waals surface area contributed by atoms with E-state index in [2.05, 4.69) is 4.99 Å². The number of rotatable bonds is 3. The second-order valence-electron chi connectivity index (χ2n) is 4.10. The van der Waals surface area contributed by atoms with E-state index in [-0.39, 0.29) is 11.4 Å². The van der Waals surface area contributed by atoms with Crippen molar-refractivity contribution >= 4 is 17.6 Å². The van der Waals surface area contributed by atoms with E-state index in [0.29, 0.717) is 5.56 Å². The van der Waals surface area contributed by atoms with Crippen LogP contribution in [0, 0.1) is 17.0 Å². The minimum absolute atomic E-state index is 0.0398. The molecule has 0 aliphatic heterocycles. The third kappa shape index (κ3) is 3.16. The zero-order chi connectivity index (χ0) is 13.8. The Labute approximate surface area is 110 Å². The summed E-state index contributed by atoms with van der Waals surface area (Å²) in [4.78, 5) is 14.3. The zero-order valence-electron chi connectivity index (χ0n) is 10.3. The van der Waals surface area contributed by atoms with Crippen LogP contribution < -0.4 is 0 Å². The Morgan fingerprint density at radius 3 is 2.74 bits per heavy atom. The highest BCUT2D eigenvalue weighted by Crippen LogP contribution is 2.22. The fourth-order valence-corrected chi connectivity index (χ4v) is 1.61.